The Hall–Kier alpha value is -2.98. The lowest BCUT2D eigenvalue weighted by Gasteiger charge is -2.38. The van der Waals surface area contributed by atoms with Crippen molar-refractivity contribution >= 4 is 17.1 Å². The molecule has 1 fully saturated rings. The summed E-state index contributed by atoms with van der Waals surface area (Å²) >= 11 is 0. The third kappa shape index (κ3) is 7.29. The van der Waals surface area contributed by atoms with Crippen molar-refractivity contribution in [1.29, 1.82) is 0 Å². The van der Waals surface area contributed by atoms with E-state index in [1.54, 1.807) is 25.4 Å². The fourth-order valence-electron chi connectivity index (χ4n) is 4.71. The summed E-state index contributed by atoms with van der Waals surface area (Å²) in [5.41, 5.74) is 2.87. The summed E-state index contributed by atoms with van der Waals surface area (Å²) in [6, 6.07) is 8.93. The van der Waals surface area contributed by atoms with E-state index in [4.69, 9.17) is 9.47 Å². The number of nitrogens with zero attached hydrogens (tertiary/aromatic N) is 2. The molecular formula is C28H33F2N3O4. The molecular weight excluding hydrogens is 480 g/mol. The van der Waals surface area contributed by atoms with Crippen LogP contribution in [0.2, 0.25) is 0 Å². The highest BCUT2D eigenvalue weighted by molar-refractivity contribution is 5.78. The van der Waals surface area contributed by atoms with Gasteiger partial charge in [0.1, 0.15) is 11.6 Å². The Balaban J connectivity index is 1.36. The van der Waals surface area contributed by atoms with Crippen LogP contribution >= 0.6 is 0 Å². The van der Waals surface area contributed by atoms with Gasteiger partial charge in [-0.2, -0.15) is 0 Å². The number of aliphatic hydroxyl groups is 2. The number of aromatic nitrogens is 2. The average Bonchev–Trinajstić information content (AvgIpc) is 2.92. The molecule has 0 radical (unpaired) electrons. The molecule has 7 nitrogen and oxygen atoms in total. The quantitative estimate of drug-likeness (QED) is 0.359. The number of methoxy groups -OCH3 is 1. The molecule has 9 heteroatoms. The number of ether oxygens (including phenoxy) is 2. The van der Waals surface area contributed by atoms with E-state index >= 15 is 0 Å². The Bertz CT molecular complexity index is 1210. The first kappa shape index (κ1) is 27.1. The molecule has 0 amide bonds. The molecule has 4 rings (SSSR count). The molecule has 198 valence electrons. The third-order valence-corrected chi connectivity index (χ3v) is 6.67. The molecule has 37 heavy (non-hydrogen) atoms. The zero-order chi connectivity index (χ0) is 26.2. The van der Waals surface area contributed by atoms with Crippen LogP contribution in [0.3, 0.4) is 0 Å². The van der Waals surface area contributed by atoms with E-state index in [1.165, 1.54) is 6.08 Å². The first-order valence-corrected chi connectivity index (χ1v) is 12.5. The number of nitrogens with one attached hydrogen (secondary N) is 1. The summed E-state index contributed by atoms with van der Waals surface area (Å²) < 4.78 is 38.9. The Labute approximate surface area is 215 Å². The second-order valence-electron chi connectivity index (χ2n) is 9.26. The van der Waals surface area contributed by atoms with Crippen molar-refractivity contribution in [2.75, 3.05) is 20.3 Å². The van der Waals surface area contributed by atoms with E-state index in [1.807, 2.05) is 12.1 Å². The standard InChI is InChI=1S/C28H33F2N3O4/c1-36-27-11-10-25-28(33-27)18(12-14-32-25)4-6-22-7-9-24(26(37-22)16-21(35)17-34)31-13-2-3-19-15-20(29)5-8-23(19)30/h2-3,5,8,10-12,14-15,21-22,24,26,31,34-35H,4,6-7,9,13,16-17H2,1H3/b3-2+/t21-,22+,24+,26+/m0/s1. The highest BCUT2D eigenvalue weighted by Gasteiger charge is 2.32. The number of hydrogen-bond donors (Lipinski definition) is 3. The summed E-state index contributed by atoms with van der Waals surface area (Å²) in [6.45, 7) is 0.0867. The number of halogens is 2. The largest absolute Gasteiger partial charge is 0.481 e. The number of aryl methyl sites for hydroxylation is 1. The second-order valence-corrected chi connectivity index (χ2v) is 9.26. The predicted octanol–water partition coefficient (Wildman–Crippen LogP) is 3.81. The topological polar surface area (TPSA) is 96.7 Å². The zero-order valence-corrected chi connectivity index (χ0v) is 20.8. The van der Waals surface area contributed by atoms with Crippen LogP contribution in [0.5, 0.6) is 5.88 Å². The molecule has 4 atom stereocenters. The Kier molecular flexibility index (Phi) is 9.51. The first-order valence-electron chi connectivity index (χ1n) is 12.5. The smallest absolute Gasteiger partial charge is 0.213 e. The molecule has 0 unspecified atom stereocenters. The SMILES string of the molecule is COc1ccc2nccc(CC[C@@H]3CC[C@@H](NC/C=C/c4cc(F)ccc4F)[C@@H](C[C@H](O)CO)O3)c2n1. The van der Waals surface area contributed by atoms with E-state index in [2.05, 4.69) is 15.3 Å². The number of rotatable bonds is 11. The number of pyridine rings is 2. The predicted molar refractivity (Wildman–Crippen MR) is 137 cm³/mol. The van der Waals surface area contributed by atoms with Gasteiger partial charge in [0.2, 0.25) is 5.88 Å². The monoisotopic (exact) mass is 513 g/mol. The molecule has 0 saturated carbocycles. The normalized spacial score (nSPS) is 20.9. The van der Waals surface area contributed by atoms with Crippen LogP contribution in [0.15, 0.2) is 48.7 Å². The molecule has 0 spiro atoms. The van der Waals surface area contributed by atoms with Gasteiger partial charge in [-0.1, -0.05) is 12.2 Å². The first-order chi connectivity index (χ1) is 18.0. The molecule has 0 bridgehead atoms. The van der Waals surface area contributed by atoms with Crippen LogP contribution in [0, 0.1) is 11.6 Å². The van der Waals surface area contributed by atoms with Gasteiger partial charge in [-0.05, 0) is 61.6 Å². The van der Waals surface area contributed by atoms with Gasteiger partial charge in [-0.3, -0.25) is 4.98 Å². The van der Waals surface area contributed by atoms with Crippen molar-refractivity contribution < 1.29 is 28.5 Å². The Morgan fingerprint density at radius 1 is 1.22 bits per heavy atom. The summed E-state index contributed by atoms with van der Waals surface area (Å²) in [5, 5.41) is 22.8. The summed E-state index contributed by atoms with van der Waals surface area (Å²) in [7, 11) is 1.58. The fourth-order valence-corrected chi connectivity index (χ4v) is 4.71. The van der Waals surface area contributed by atoms with Crippen LogP contribution in [0.25, 0.3) is 17.1 Å². The van der Waals surface area contributed by atoms with Crippen molar-refractivity contribution in [3.63, 3.8) is 0 Å². The maximum absolute atomic E-state index is 13.8. The van der Waals surface area contributed by atoms with Crippen molar-refractivity contribution in [2.24, 2.45) is 0 Å². The molecule has 3 aromatic rings. The highest BCUT2D eigenvalue weighted by Crippen LogP contribution is 2.27. The molecule has 1 saturated heterocycles. The van der Waals surface area contributed by atoms with Crippen molar-refractivity contribution in [2.45, 2.75) is 56.5 Å². The minimum atomic E-state index is -0.884. The molecule has 1 aromatic carbocycles. The fraction of sp³-hybridized carbons (Fsp3) is 0.429. The summed E-state index contributed by atoms with van der Waals surface area (Å²) in [4.78, 5) is 8.95. The number of hydrogen-bond acceptors (Lipinski definition) is 7. The van der Waals surface area contributed by atoms with E-state index in [-0.39, 0.29) is 30.4 Å². The van der Waals surface area contributed by atoms with Crippen LogP contribution in [-0.2, 0) is 11.2 Å². The number of aliphatic hydroxyl groups excluding tert-OH is 2. The molecule has 2 aromatic heterocycles. The lowest BCUT2D eigenvalue weighted by molar-refractivity contribution is -0.0917. The molecule has 3 heterocycles. The second kappa shape index (κ2) is 13.0. The van der Waals surface area contributed by atoms with Gasteiger partial charge in [0.15, 0.2) is 0 Å². The van der Waals surface area contributed by atoms with E-state index < -0.39 is 17.7 Å². The lowest BCUT2D eigenvalue weighted by atomic mass is 9.92. The zero-order valence-electron chi connectivity index (χ0n) is 20.8. The van der Waals surface area contributed by atoms with Gasteiger partial charge in [0.25, 0.3) is 0 Å². The van der Waals surface area contributed by atoms with Crippen molar-refractivity contribution in [3.8, 4) is 5.88 Å². The number of fused-ring (bicyclic) bond motifs is 1. The van der Waals surface area contributed by atoms with Crippen molar-refractivity contribution in [3.05, 3.63) is 71.4 Å². The molecule has 1 aliphatic rings. The Morgan fingerprint density at radius 2 is 2.08 bits per heavy atom. The summed E-state index contributed by atoms with van der Waals surface area (Å²) in [5.74, 6) is -0.439. The van der Waals surface area contributed by atoms with Gasteiger partial charge in [-0.15, -0.1) is 0 Å². The van der Waals surface area contributed by atoms with E-state index in [9.17, 15) is 19.0 Å². The van der Waals surface area contributed by atoms with Gasteiger partial charge >= 0.3 is 0 Å². The van der Waals surface area contributed by atoms with E-state index in [0.717, 1.165) is 60.5 Å². The minimum Gasteiger partial charge on any atom is -0.481 e. The van der Waals surface area contributed by atoms with Gasteiger partial charge in [-0.25, -0.2) is 13.8 Å². The number of benzene rings is 1. The van der Waals surface area contributed by atoms with E-state index in [0.29, 0.717) is 18.8 Å². The molecule has 3 N–H and O–H groups in total. The Morgan fingerprint density at radius 3 is 2.89 bits per heavy atom. The third-order valence-electron chi connectivity index (χ3n) is 6.67. The molecule has 0 aliphatic carbocycles. The van der Waals surface area contributed by atoms with Crippen LogP contribution in [0.4, 0.5) is 8.78 Å². The average molecular weight is 514 g/mol. The van der Waals surface area contributed by atoms with Gasteiger partial charge < -0.3 is 25.0 Å². The van der Waals surface area contributed by atoms with Crippen LogP contribution < -0.4 is 10.1 Å². The van der Waals surface area contributed by atoms with Crippen LogP contribution in [-0.4, -0.2) is 64.8 Å². The minimum absolute atomic E-state index is 0.0142. The molecule has 1 aliphatic heterocycles. The van der Waals surface area contributed by atoms with Crippen molar-refractivity contribution in [1.82, 2.24) is 15.3 Å². The highest BCUT2D eigenvalue weighted by atomic mass is 19.1. The van der Waals surface area contributed by atoms with Crippen LogP contribution in [0.1, 0.15) is 36.8 Å². The maximum atomic E-state index is 13.8. The van der Waals surface area contributed by atoms with Gasteiger partial charge in [0.05, 0.1) is 43.1 Å². The summed E-state index contributed by atoms with van der Waals surface area (Å²) in [6.07, 6.45) is 7.31. The lowest BCUT2D eigenvalue weighted by Crippen LogP contribution is -2.49. The van der Waals surface area contributed by atoms with Gasteiger partial charge in [0, 0.05) is 36.8 Å². The maximum Gasteiger partial charge on any atom is 0.213 e.